The molecule has 0 spiro atoms. The number of fused-ring (bicyclic) bond motifs is 1. The number of rotatable bonds is 7. The highest BCUT2D eigenvalue weighted by Gasteiger charge is 2.36. The molecular weight excluding hydrogens is 498 g/mol. The Morgan fingerprint density at radius 3 is 2.94 bits per heavy atom. The van der Waals surface area contributed by atoms with E-state index in [2.05, 4.69) is 35.8 Å². The highest BCUT2D eigenvalue weighted by Crippen LogP contribution is 2.37. The summed E-state index contributed by atoms with van der Waals surface area (Å²) in [5.41, 5.74) is 15.3. The minimum Gasteiger partial charge on any atom is -0.466 e. The Kier molecular flexibility index (Phi) is 6.55. The minimum atomic E-state index is -0.470. The van der Waals surface area contributed by atoms with Crippen LogP contribution in [0.3, 0.4) is 0 Å². The van der Waals surface area contributed by atoms with E-state index in [0.29, 0.717) is 54.5 Å². The first kappa shape index (κ1) is 22.8. The van der Waals surface area contributed by atoms with Crippen LogP contribution in [0, 0.1) is 0 Å². The highest BCUT2D eigenvalue weighted by molar-refractivity contribution is 9.10. The molecule has 0 aliphatic carbocycles. The van der Waals surface area contributed by atoms with E-state index in [1.54, 1.807) is 13.3 Å². The predicted molar refractivity (Wildman–Crippen MR) is 128 cm³/mol. The van der Waals surface area contributed by atoms with Crippen LogP contribution in [0.2, 0.25) is 5.02 Å². The van der Waals surface area contributed by atoms with E-state index in [0.717, 1.165) is 28.7 Å². The number of ether oxygens (including phenoxy) is 1. The number of carbonyl (C=O) groups excluding carboxylic acids is 1. The molecule has 1 aromatic carbocycles. The number of anilines is 2. The summed E-state index contributed by atoms with van der Waals surface area (Å²) >= 11 is 10.1. The molecule has 170 valence electrons. The summed E-state index contributed by atoms with van der Waals surface area (Å²) in [7, 11) is 0. The van der Waals surface area contributed by atoms with Crippen LogP contribution in [0.4, 0.5) is 11.5 Å². The SMILES string of the molecule is CCOC(=O)CC[C@@]1(N)CCN(c2cc(Cl)cc(Br)c2Cn2cnc3c(N)ncnc32)C1. The number of nitrogen functional groups attached to an aromatic ring is 1. The molecule has 0 radical (unpaired) electrons. The van der Waals surface area contributed by atoms with Crippen molar-refractivity contribution in [2.45, 2.75) is 38.3 Å². The molecule has 1 atom stereocenters. The van der Waals surface area contributed by atoms with Gasteiger partial charge in [-0.15, -0.1) is 0 Å². The van der Waals surface area contributed by atoms with E-state index >= 15 is 0 Å². The van der Waals surface area contributed by atoms with E-state index in [1.165, 1.54) is 6.33 Å². The second-order valence-corrected chi connectivity index (χ2v) is 9.32. The molecule has 1 saturated heterocycles. The Bertz CT molecular complexity index is 1150. The fourth-order valence-corrected chi connectivity index (χ4v) is 5.02. The Morgan fingerprint density at radius 1 is 1.34 bits per heavy atom. The molecule has 3 heterocycles. The number of nitrogens with two attached hydrogens (primary N) is 2. The zero-order valence-electron chi connectivity index (χ0n) is 17.7. The minimum absolute atomic E-state index is 0.213. The molecule has 32 heavy (non-hydrogen) atoms. The summed E-state index contributed by atoms with van der Waals surface area (Å²) in [6, 6.07) is 3.82. The number of hydrogen-bond acceptors (Lipinski definition) is 8. The van der Waals surface area contributed by atoms with Crippen molar-refractivity contribution in [1.82, 2.24) is 19.5 Å². The van der Waals surface area contributed by atoms with E-state index in [4.69, 9.17) is 27.8 Å². The lowest BCUT2D eigenvalue weighted by Crippen LogP contribution is -2.43. The average Bonchev–Trinajstić information content (AvgIpc) is 3.34. The standard InChI is InChI=1S/C21H25BrClN7O2/c1-2-32-17(31)3-4-21(25)5-6-29(10-21)16-8-13(23)7-15(22)14(16)9-30-12-28-18-19(24)26-11-27-20(18)30/h7-8,11-12H,2-6,9-10,25H2,1H3,(H2,24,26,27)/t21-/m1/s1. The number of aromatic nitrogens is 4. The number of hydrogen-bond donors (Lipinski definition) is 2. The van der Waals surface area contributed by atoms with Gasteiger partial charge in [0.2, 0.25) is 0 Å². The van der Waals surface area contributed by atoms with Crippen LogP contribution in [-0.2, 0) is 16.1 Å². The van der Waals surface area contributed by atoms with Crippen molar-refractivity contribution in [2.75, 3.05) is 30.3 Å². The Hall–Kier alpha value is -2.43. The van der Waals surface area contributed by atoms with Gasteiger partial charge in [-0.2, -0.15) is 0 Å². The van der Waals surface area contributed by atoms with Crippen molar-refractivity contribution in [1.29, 1.82) is 0 Å². The fourth-order valence-electron chi connectivity index (χ4n) is 4.10. The maximum atomic E-state index is 11.8. The highest BCUT2D eigenvalue weighted by atomic mass is 79.9. The van der Waals surface area contributed by atoms with Gasteiger partial charge in [-0.3, -0.25) is 4.79 Å². The van der Waals surface area contributed by atoms with E-state index in [1.807, 2.05) is 16.7 Å². The summed E-state index contributed by atoms with van der Waals surface area (Å²) in [5, 5.41) is 0.624. The molecular formula is C21H25BrClN7O2. The number of halogens is 2. The van der Waals surface area contributed by atoms with Crippen molar-refractivity contribution < 1.29 is 9.53 Å². The van der Waals surface area contributed by atoms with E-state index in [9.17, 15) is 4.79 Å². The van der Waals surface area contributed by atoms with E-state index < -0.39 is 5.54 Å². The van der Waals surface area contributed by atoms with Gasteiger partial charge in [0.25, 0.3) is 0 Å². The van der Waals surface area contributed by atoms with Crippen LogP contribution >= 0.6 is 27.5 Å². The second-order valence-electron chi connectivity index (χ2n) is 8.03. The summed E-state index contributed by atoms with van der Waals surface area (Å²) in [6.45, 7) is 4.07. The zero-order valence-corrected chi connectivity index (χ0v) is 20.1. The molecule has 0 amide bonds. The molecule has 0 bridgehead atoms. The average molecular weight is 523 g/mol. The van der Waals surface area contributed by atoms with Crippen molar-refractivity contribution in [3.8, 4) is 0 Å². The van der Waals surface area contributed by atoms with Gasteiger partial charge in [0, 0.05) is 45.8 Å². The van der Waals surface area contributed by atoms with Crippen LogP contribution in [0.1, 0.15) is 31.7 Å². The summed E-state index contributed by atoms with van der Waals surface area (Å²) in [4.78, 5) is 26.7. The topological polar surface area (TPSA) is 125 Å². The first-order valence-corrected chi connectivity index (χ1v) is 11.6. The first-order valence-electron chi connectivity index (χ1n) is 10.4. The van der Waals surface area contributed by atoms with Crippen LogP contribution in [0.25, 0.3) is 11.2 Å². The molecule has 2 aromatic heterocycles. The van der Waals surface area contributed by atoms with Crippen LogP contribution < -0.4 is 16.4 Å². The van der Waals surface area contributed by atoms with Gasteiger partial charge in [0.05, 0.1) is 19.5 Å². The van der Waals surface area contributed by atoms with Crippen LogP contribution in [0.15, 0.2) is 29.3 Å². The van der Waals surface area contributed by atoms with Crippen LogP contribution in [-0.4, -0.2) is 50.7 Å². The van der Waals surface area contributed by atoms with Gasteiger partial charge in [-0.25, -0.2) is 15.0 Å². The lowest BCUT2D eigenvalue weighted by atomic mass is 9.94. The number of nitrogens with zero attached hydrogens (tertiary/aromatic N) is 5. The van der Waals surface area contributed by atoms with Gasteiger partial charge < -0.3 is 25.7 Å². The molecule has 11 heteroatoms. The third-order valence-electron chi connectivity index (χ3n) is 5.75. The smallest absolute Gasteiger partial charge is 0.305 e. The normalized spacial score (nSPS) is 18.4. The Balaban J connectivity index is 1.60. The Morgan fingerprint density at radius 2 is 2.16 bits per heavy atom. The van der Waals surface area contributed by atoms with Crippen molar-refractivity contribution in [3.05, 3.63) is 39.8 Å². The fraction of sp³-hybridized carbons (Fsp3) is 0.429. The van der Waals surface area contributed by atoms with Gasteiger partial charge >= 0.3 is 5.97 Å². The third-order valence-corrected chi connectivity index (χ3v) is 6.68. The van der Waals surface area contributed by atoms with Crippen molar-refractivity contribution in [2.24, 2.45) is 5.73 Å². The van der Waals surface area contributed by atoms with Crippen molar-refractivity contribution in [3.63, 3.8) is 0 Å². The molecule has 3 aromatic rings. The zero-order chi connectivity index (χ0) is 22.9. The monoisotopic (exact) mass is 521 g/mol. The maximum absolute atomic E-state index is 11.8. The lowest BCUT2D eigenvalue weighted by molar-refractivity contribution is -0.143. The maximum Gasteiger partial charge on any atom is 0.305 e. The van der Waals surface area contributed by atoms with E-state index in [-0.39, 0.29) is 5.97 Å². The molecule has 4 rings (SSSR count). The number of benzene rings is 1. The largest absolute Gasteiger partial charge is 0.466 e. The number of carbonyl (C=O) groups is 1. The van der Waals surface area contributed by atoms with Gasteiger partial charge in [-0.1, -0.05) is 27.5 Å². The molecule has 1 fully saturated rings. The summed E-state index contributed by atoms with van der Waals surface area (Å²) in [5.74, 6) is 0.133. The number of esters is 1. The Labute approximate surface area is 199 Å². The molecule has 9 nitrogen and oxygen atoms in total. The van der Waals surface area contributed by atoms with Gasteiger partial charge in [0.15, 0.2) is 11.5 Å². The molecule has 4 N–H and O–H groups in total. The van der Waals surface area contributed by atoms with Crippen molar-refractivity contribution >= 4 is 56.2 Å². The quantitative estimate of drug-likeness (QED) is 0.453. The second kappa shape index (κ2) is 9.21. The summed E-state index contributed by atoms with van der Waals surface area (Å²) < 4.78 is 7.86. The first-order chi connectivity index (χ1) is 15.3. The van der Waals surface area contributed by atoms with Crippen LogP contribution in [0.5, 0.6) is 0 Å². The third kappa shape index (κ3) is 4.67. The summed E-state index contributed by atoms with van der Waals surface area (Å²) in [6.07, 6.45) is 4.79. The molecule has 0 saturated carbocycles. The number of imidazole rings is 1. The lowest BCUT2D eigenvalue weighted by Gasteiger charge is -2.27. The predicted octanol–water partition coefficient (Wildman–Crippen LogP) is 3.12. The van der Waals surface area contributed by atoms with Gasteiger partial charge in [0.1, 0.15) is 11.8 Å². The molecule has 1 aliphatic heterocycles. The van der Waals surface area contributed by atoms with Gasteiger partial charge in [-0.05, 0) is 31.9 Å². The molecule has 1 aliphatic rings. The molecule has 0 unspecified atom stereocenters.